The van der Waals surface area contributed by atoms with Crippen molar-refractivity contribution in [3.05, 3.63) is 101 Å². The van der Waals surface area contributed by atoms with Crippen LogP contribution in [0, 0.1) is 17.1 Å². The van der Waals surface area contributed by atoms with Gasteiger partial charge in [-0.15, -0.1) is 0 Å². The monoisotopic (exact) mass is 557 g/mol. The van der Waals surface area contributed by atoms with Crippen molar-refractivity contribution in [1.29, 1.82) is 5.41 Å². The fourth-order valence-electron chi connectivity index (χ4n) is 5.05. The molecule has 0 amide bonds. The third kappa shape index (κ3) is 8.92. The summed E-state index contributed by atoms with van der Waals surface area (Å²) in [5, 5.41) is 12.0. The molecule has 1 aliphatic rings. The quantitative estimate of drug-likeness (QED) is 0.178. The van der Waals surface area contributed by atoms with Crippen molar-refractivity contribution in [3.63, 3.8) is 0 Å². The molecule has 0 saturated carbocycles. The number of piperazine rings is 1. The van der Waals surface area contributed by atoms with E-state index in [9.17, 15) is 4.39 Å². The summed E-state index contributed by atoms with van der Waals surface area (Å²) in [6.45, 7) is 19.7. The van der Waals surface area contributed by atoms with Crippen molar-refractivity contribution in [2.45, 2.75) is 60.0 Å². The van der Waals surface area contributed by atoms with Gasteiger partial charge in [0.25, 0.3) is 0 Å². The minimum Gasteiger partial charge on any atom is -0.398 e. The molecule has 0 aromatic heterocycles. The fourth-order valence-corrected chi connectivity index (χ4v) is 5.05. The molecule has 1 heterocycles. The third-order valence-corrected chi connectivity index (χ3v) is 7.42. The van der Waals surface area contributed by atoms with Gasteiger partial charge in [0, 0.05) is 72.5 Å². The second-order valence-electron chi connectivity index (χ2n) is 11.4. The van der Waals surface area contributed by atoms with Gasteiger partial charge in [-0.3, -0.25) is 10.3 Å². The van der Waals surface area contributed by atoms with Crippen LogP contribution in [0.3, 0.4) is 0 Å². The van der Waals surface area contributed by atoms with E-state index in [0.29, 0.717) is 40.8 Å². The first kappa shape index (κ1) is 31.9. The molecule has 0 spiro atoms. The molecule has 3 aromatic rings. The van der Waals surface area contributed by atoms with Crippen LogP contribution in [0.15, 0.2) is 73.3 Å². The number of nitrogens with one attached hydrogen (secondary N) is 2. The molecule has 0 bridgehead atoms. The van der Waals surface area contributed by atoms with Gasteiger partial charge in [0.15, 0.2) is 0 Å². The van der Waals surface area contributed by atoms with Gasteiger partial charge in [-0.25, -0.2) is 4.39 Å². The Kier molecular flexibility index (Phi) is 12.0. The van der Waals surface area contributed by atoms with Crippen LogP contribution >= 0.6 is 0 Å². The average Bonchev–Trinajstić information content (AvgIpc) is 2.97. The lowest BCUT2D eigenvalue weighted by Crippen LogP contribution is -2.50. The first-order valence-corrected chi connectivity index (χ1v) is 14.9. The van der Waals surface area contributed by atoms with Crippen molar-refractivity contribution in [2.75, 3.05) is 36.8 Å². The topological polar surface area (TPSA) is 68.4 Å². The highest BCUT2D eigenvalue weighted by molar-refractivity contribution is 6.14. The summed E-state index contributed by atoms with van der Waals surface area (Å²) in [7, 11) is 0. The van der Waals surface area contributed by atoms with Crippen LogP contribution in [-0.2, 0) is 6.54 Å². The molecule has 5 nitrogen and oxygen atoms in total. The lowest BCUT2D eigenvalue weighted by Gasteiger charge is -2.39. The molecule has 220 valence electrons. The predicted octanol–water partition coefficient (Wildman–Crippen LogP) is 7.56. The van der Waals surface area contributed by atoms with Crippen LogP contribution in [0.1, 0.15) is 69.7 Å². The van der Waals surface area contributed by atoms with Gasteiger partial charge < -0.3 is 16.0 Å². The largest absolute Gasteiger partial charge is 0.398 e. The Morgan fingerprint density at radius 2 is 1.51 bits per heavy atom. The highest BCUT2D eigenvalue weighted by Crippen LogP contribution is 2.24. The van der Waals surface area contributed by atoms with E-state index < -0.39 is 0 Å². The number of hydrogen-bond donors (Lipinski definition) is 3. The molecule has 0 radical (unpaired) electrons. The molecule has 0 aliphatic carbocycles. The highest BCUT2D eigenvalue weighted by atomic mass is 19.1. The average molecular weight is 558 g/mol. The third-order valence-electron chi connectivity index (χ3n) is 7.42. The summed E-state index contributed by atoms with van der Waals surface area (Å²) in [5.74, 6) is 0.582. The molecule has 1 saturated heterocycles. The fraction of sp³-hybridized carbons (Fsp3) is 0.400. The van der Waals surface area contributed by atoms with E-state index in [1.165, 1.54) is 24.6 Å². The first-order valence-electron chi connectivity index (χ1n) is 14.9. The van der Waals surface area contributed by atoms with Gasteiger partial charge in [0.1, 0.15) is 5.82 Å². The Morgan fingerprint density at radius 1 is 0.927 bits per heavy atom. The zero-order valence-electron chi connectivity index (χ0n) is 25.5. The van der Waals surface area contributed by atoms with Gasteiger partial charge in [-0.05, 0) is 54.7 Å². The van der Waals surface area contributed by atoms with Gasteiger partial charge in [0.05, 0.1) is 5.71 Å². The molecule has 0 atom stereocenters. The Balaban J connectivity index is 0.00000108. The van der Waals surface area contributed by atoms with E-state index in [2.05, 4.69) is 68.4 Å². The predicted molar refractivity (Wildman–Crippen MR) is 174 cm³/mol. The minimum atomic E-state index is -0.251. The van der Waals surface area contributed by atoms with Crippen LogP contribution < -0.4 is 16.0 Å². The molecule has 1 aliphatic heterocycles. The maximum Gasteiger partial charge on any atom is 0.128 e. The van der Waals surface area contributed by atoms with E-state index in [-0.39, 0.29) is 5.82 Å². The molecule has 3 aromatic carbocycles. The zero-order chi connectivity index (χ0) is 29.9. The first-order chi connectivity index (χ1) is 19.6. The normalized spacial score (nSPS) is 13.6. The number of halogens is 1. The zero-order valence-corrected chi connectivity index (χ0v) is 25.5. The van der Waals surface area contributed by atoms with Crippen molar-refractivity contribution in [2.24, 2.45) is 5.92 Å². The lowest BCUT2D eigenvalue weighted by atomic mass is 9.97. The Hall–Kier alpha value is -3.64. The number of nitrogen functional groups attached to an aromatic ring is 1. The summed E-state index contributed by atoms with van der Waals surface area (Å²) in [6.07, 6.45) is 2.40. The summed E-state index contributed by atoms with van der Waals surface area (Å²) in [6, 6.07) is 21.1. The van der Waals surface area contributed by atoms with Crippen molar-refractivity contribution >= 4 is 22.8 Å². The summed E-state index contributed by atoms with van der Waals surface area (Å²) >= 11 is 0. The Bertz CT molecular complexity index is 1270. The van der Waals surface area contributed by atoms with E-state index >= 15 is 0 Å². The van der Waals surface area contributed by atoms with E-state index in [1.54, 1.807) is 18.2 Å². The summed E-state index contributed by atoms with van der Waals surface area (Å²) < 4.78 is 14.0. The maximum atomic E-state index is 14.0. The standard InChI is InChI=1S/C31H38FN5.C4H10/c1-4-26(5-2)36-16-18-37(19-17-36)27-13-10-23(11-14-27)31(34)28-20-24(12-15-30(28)33)22(3)35-21-25-8-6-7-9-29(25)32;1-4(2)3/h6-15,20,26,34-35H,3-5,16-19,21,33H2,1-2H3;4H,1-3H3. The van der Waals surface area contributed by atoms with Gasteiger partial charge in [-0.1, -0.05) is 77.6 Å². The van der Waals surface area contributed by atoms with Crippen LogP contribution in [0.25, 0.3) is 5.70 Å². The SMILES string of the molecule is C=C(NCc1ccccc1F)c1ccc(N)c(C(=N)c2ccc(N3CCN(C(CC)CC)CC3)cc2)c1.CC(C)C. The van der Waals surface area contributed by atoms with E-state index in [0.717, 1.165) is 43.2 Å². The number of benzene rings is 3. The minimum absolute atomic E-state index is 0.251. The molecule has 41 heavy (non-hydrogen) atoms. The second-order valence-corrected chi connectivity index (χ2v) is 11.4. The molecule has 1 fully saturated rings. The second kappa shape index (κ2) is 15.4. The number of nitrogens with two attached hydrogens (primary N) is 1. The number of hydrogen-bond acceptors (Lipinski definition) is 5. The van der Waals surface area contributed by atoms with Crippen LogP contribution in [0.4, 0.5) is 15.8 Å². The van der Waals surface area contributed by atoms with Crippen molar-refractivity contribution in [3.8, 4) is 0 Å². The van der Waals surface area contributed by atoms with Gasteiger partial charge in [-0.2, -0.15) is 0 Å². The highest BCUT2D eigenvalue weighted by Gasteiger charge is 2.22. The van der Waals surface area contributed by atoms with Gasteiger partial charge >= 0.3 is 0 Å². The smallest absolute Gasteiger partial charge is 0.128 e. The van der Waals surface area contributed by atoms with E-state index in [1.807, 2.05) is 30.3 Å². The number of nitrogens with zero attached hydrogens (tertiary/aromatic N) is 2. The Morgan fingerprint density at radius 3 is 2.10 bits per heavy atom. The molecule has 4 N–H and O–H groups in total. The molecular weight excluding hydrogens is 509 g/mol. The summed E-state index contributed by atoms with van der Waals surface area (Å²) in [4.78, 5) is 5.03. The molecule has 4 rings (SSSR count). The van der Waals surface area contributed by atoms with Crippen molar-refractivity contribution < 1.29 is 4.39 Å². The van der Waals surface area contributed by atoms with E-state index in [4.69, 9.17) is 11.1 Å². The number of rotatable bonds is 10. The van der Waals surface area contributed by atoms with Crippen molar-refractivity contribution in [1.82, 2.24) is 10.2 Å². The molecule has 6 heteroatoms. The van der Waals surface area contributed by atoms with Gasteiger partial charge in [0.2, 0.25) is 0 Å². The maximum absolute atomic E-state index is 14.0. The Labute approximate surface area is 246 Å². The summed E-state index contributed by atoms with van der Waals surface area (Å²) in [5.41, 5.74) is 11.9. The van der Waals surface area contributed by atoms with Crippen LogP contribution in [0.5, 0.6) is 0 Å². The molecule has 0 unspecified atom stereocenters. The van der Waals surface area contributed by atoms with Crippen LogP contribution in [0.2, 0.25) is 0 Å². The van der Waals surface area contributed by atoms with Crippen LogP contribution in [-0.4, -0.2) is 42.8 Å². The molecular formula is C35H48FN5. The number of anilines is 2. The lowest BCUT2D eigenvalue weighted by molar-refractivity contribution is 0.175.